The summed E-state index contributed by atoms with van der Waals surface area (Å²) in [5.41, 5.74) is -0.191. The van der Waals surface area contributed by atoms with Gasteiger partial charge in [-0.1, -0.05) is 154 Å². The molecule has 0 radical (unpaired) electrons. The van der Waals surface area contributed by atoms with Crippen molar-refractivity contribution in [3.8, 4) is 0 Å². The smallest absolute Gasteiger partial charge is 0.306 e. The van der Waals surface area contributed by atoms with Gasteiger partial charge in [-0.3, -0.25) is 4.79 Å². The highest BCUT2D eigenvalue weighted by molar-refractivity contribution is 6.78. The van der Waals surface area contributed by atoms with Crippen molar-refractivity contribution in [3.05, 3.63) is 12.2 Å². The number of allylic oxidation sites excluding steroid dienone is 2. The Morgan fingerprint density at radius 2 is 0.911 bits per heavy atom. The van der Waals surface area contributed by atoms with Gasteiger partial charge in [0.15, 0.2) is 0 Å². The van der Waals surface area contributed by atoms with E-state index in [1.54, 1.807) is 0 Å². The maximum atomic E-state index is 13.4. The second kappa shape index (κ2) is 24.7. The molecular formula is C39H80O4Si2. The Morgan fingerprint density at radius 1 is 0.578 bits per heavy atom. The number of carbonyl (C=O) groups is 1. The second-order valence-corrected chi connectivity index (χ2v) is 25.9. The SMILES string of the molecule is [2H]C([2H])(O[Si](C(C)C)(C(C)C)C(C)C)C([2H])(OC(=O)CCCCCCC/C=C\CCCCCCCC)C([2H])([2H])O[Si](C(C)C)(C(C)C)C(C)C. The molecule has 0 aliphatic rings. The first-order valence-electron chi connectivity index (χ1n) is 21.3. The van der Waals surface area contributed by atoms with Gasteiger partial charge < -0.3 is 13.6 Å². The summed E-state index contributed by atoms with van der Waals surface area (Å²) in [7, 11) is -5.98. The zero-order valence-corrected chi connectivity index (χ0v) is 34.2. The zero-order chi connectivity index (χ0) is 39.0. The van der Waals surface area contributed by atoms with Crippen molar-refractivity contribution >= 4 is 22.6 Å². The molecule has 0 N–H and O–H groups in total. The molecule has 0 bridgehead atoms. The Bertz CT molecular complexity index is 881. The molecule has 0 heterocycles. The molecule has 0 rings (SSSR count). The van der Waals surface area contributed by atoms with Gasteiger partial charge in [-0.15, -0.1) is 0 Å². The number of unbranched alkanes of at least 4 members (excludes halogenated alkanes) is 11. The summed E-state index contributed by atoms with van der Waals surface area (Å²) in [6, 6.07) is 0. The molecule has 45 heavy (non-hydrogen) atoms. The molecule has 0 saturated heterocycles. The van der Waals surface area contributed by atoms with Crippen molar-refractivity contribution in [2.45, 2.75) is 219 Å². The van der Waals surface area contributed by atoms with Crippen molar-refractivity contribution in [1.29, 1.82) is 0 Å². The molecule has 0 saturated carbocycles. The van der Waals surface area contributed by atoms with Gasteiger partial charge in [0, 0.05) is 6.42 Å². The minimum atomic E-state index is -3.09. The van der Waals surface area contributed by atoms with Crippen LogP contribution >= 0.6 is 0 Å². The van der Waals surface area contributed by atoms with Crippen LogP contribution < -0.4 is 0 Å². The predicted octanol–water partition coefficient (Wildman–Crippen LogP) is 13.3. The highest BCUT2D eigenvalue weighted by Crippen LogP contribution is 2.44. The van der Waals surface area contributed by atoms with Crippen molar-refractivity contribution in [1.82, 2.24) is 0 Å². The molecule has 0 aromatic heterocycles. The van der Waals surface area contributed by atoms with E-state index in [0.29, 0.717) is 6.42 Å². The molecule has 4 nitrogen and oxygen atoms in total. The fraction of sp³-hybridized carbons (Fsp3) is 0.923. The first-order valence-corrected chi connectivity index (χ1v) is 23.1. The lowest BCUT2D eigenvalue weighted by atomic mass is 10.1. The van der Waals surface area contributed by atoms with Crippen LogP contribution in [-0.4, -0.2) is 41.8 Å². The van der Waals surface area contributed by atoms with Crippen molar-refractivity contribution in [2.75, 3.05) is 13.1 Å². The topological polar surface area (TPSA) is 44.8 Å². The van der Waals surface area contributed by atoms with E-state index in [9.17, 15) is 11.6 Å². The van der Waals surface area contributed by atoms with Crippen molar-refractivity contribution in [2.24, 2.45) is 0 Å². The fourth-order valence-electron chi connectivity index (χ4n) is 7.54. The quantitative estimate of drug-likeness (QED) is 0.0359. The third-order valence-corrected chi connectivity index (χ3v) is 21.7. The first kappa shape index (κ1) is 35.9. The number of hydrogen-bond acceptors (Lipinski definition) is 4. The van der Waals surface area contributed by atoms with Crippen LogP contribution in [0.2, 0.25) is 33.2 Å². The molecule has 0 aromatic rings. The summed E-state index contributed by atoms with van der Waals surface area (Å²) >= 11 is 0. The molecule has 0 aliphatic carbocycles. The van der Waals surface area contributed by atoms with E-state index in [0.717, 1.165) is 38.5 Å². The molecule has 0 atom stereocenters. The van der Waals surface area contributed by atoms with Crippen molar-refractivity contribution in [3.63, 3.8) is 0 Å². The van der Waals surface area contributed by atoms with E-state index < -0.39 is 41.8 Å². The molecule has 0 amide bonds. The van der Waals surface area contributed by atoms with E-state index in [2.05, 4.69) is 19.1 Å². The molecular weight excluding hydrogens is 589 g/mol. The van der Waals surface area contributed by atoms with Crippen LogP contribution in [0.3, 0.4) is 0 Å². The number of carbonyl (C=O) groups excluding carboxylic acids is 1. The average molecular weight is 674 g/mol. The van der Waals surface area contributed by atoms with Gasteiger partial charge >= 0.3 is 5.97 Å². The van der Waals surface area contributed by atoms with Crippen molar-refractivity contribution < 1.29 is 25.2 Å². The third-order valence-electron chi connectivity index (χ3n) is 9.91. The lowest BCUT2D eigenvalue weighted by Gasteiger charge is -2.44. The van der Waals surface area contributed by atoms with Crippen LogP contribution in [0.4, 0.5) is 0 Å². The summed E-state index contributed by atoms with van der Waals surface area (Å²) < 4.78 is 65.4. The van der Waals surface area contributed by atoms with E-state index in [1.165, 1.54) is 38.5 Å². The third kappa shape index (κ3) is 16.0. The van der Waals surface area contributed by atoms with Crippen LogP contribution in [-0.2, 0) is 18.4 Å². The average Bonchev–Trinajstić information content (AvgIpc) is 2.99. The lowest BCUT2D eigenvalue weighted by molar-refractivity contribution is -0.152. The summed E-state index contributed by atoms with van der Waals surface area (Å²) in [6.45, 7) is 20.4. The maximum absolute atomic E-state index is 13.4. The van der Waals surface area contributed by atoms with E-state index in [1.807, 2.05) is 83.1 Å². The van der Waals surface area contributed by atoms with Gasteiger partial charge in [0.1, 0.15) is 6.08 Å². The summed E-state index contributed by atoms with van der Waals surface area (Å²) in [4.78, 5) is 13.4. The normalized spacial score (nSPS) is 15.8. The Kier molecular flexibility index (Phi) is 19.7. The standard InChI is InChI=1S/C39H80O4Si2/c1-14-15-16-17-18-19-20-21-22-23-24-25-26-27-28-29-39(40)43-38(30-41-44(32(2)3,33(4)5)34(6)7)31-42-45(35(8)9,36(10)11)37(12)13/h21-22,32-38H,14-20,23-31H2,1-13H3/b22-21-/i30D2,31D2,38D. The monoisotopic (exact) mass is 674 g/mol. The van der Waals surface area contributed by atoms with E-state index >= 15 is 0 Å². The minimum Gasteiger partial charge on any atom is -0.458 e. The molecule has 0 aromatic carbocycles. The number of esters is 1. The van der Waals surface area contributed by atoms with Crippen LogP contribution in [0, 0.1) is 0 Å². The Balaban J connectivity index is 5.88. The molecule has 268 valence electrons. The highest BCUT2D eigenvalue weighted by Gasteiger charge is 2.47. The molecule has 0 aliphatic heterocycles. The van der Waals surface area contributed by atoms with Gasteiger partial charge in [0.2, 0.25) is 16.6 Å². The van der Waals surface area contributed by atoms with E-state index in [4.69, 9.17) is 13.6 Å². The van der Waals surface area contributed by atoms with Crippen LogP contribution in [0.1, 0.15) is 187 Å². The Labute approximate surface area is 291 Å². The van der Waals surface area contributed by atoms with Gasteiger partial charge in [0.25, 0.3) is 0 Å². The van der Waals surface area contributed by atoms with Crippen LogP contribution in [0.25, 0.3) is 0 Å². The van der Waals surface area contributed by atoms with Crippen LogP contribution in [0.15, 0.2) is 12.2 Å². The predicted molar refractivity (Wildman–Crippen MR) is 203 cm³/mol. The maximum Gasteiger partial charge on any atom is 0.306 e. The zero-order valence-electron chi connectivity index (χ0n) is 37.2. The largest absolute Gasteiger partial charge is 0.458 e. The number of hydrogen-bond donors (Lipinski definition) is 0. The Morgan fingerprint density at radius 3 is 1.27 bits per heavy atom. The second-order valence-electron chi connectivity index (χ2n) is 15.2. The Hall–Kier alpha value is -0.436. The first-order chi connectivity index (χ1) is 23.0. The summed E-state index contributed by atoms with van der Waals surface area (Å²) in [6.07, 6.45) is 16.1. The van der Waals surface area contributed by atoms with Gasteiger partial charge in [0.05, 0.1) is 20.0 Å². The summed E-state index contributed by atoms with van der Waals surface area (Å²) in [5, 5.41) is 0. The molecule has 0 fully saturated rings. The highest BCUT2D eigenvalue weighted by atomic mass is 28.4. The summed E-state index contributed by atoms with van der Waals surface area (Å²) in [5.74, 6) is -0.797. The number of ether oxygens (including phenoxy) is 1. The molecule has 0 spiro atoms. The molecule has 0 unspecified atom stereocenters. The lowest BCUT2D eigenvalue weighted by Crippen LogP contribution is -2.52. The van der Waals surface area contributed by atoms with Gasteiger partial charge in [-0.05, 0) is 65.4 Å². The van der Waals surface area contributed by atoms with Gasteiger partial charge in [-0.25, -0.2) is 0 Å². The number of rotatable bonds is 28. The van der Waals surface area contributed by atoms with Gasteiger partial charge in [-0.2, -0.15) is 0 Å². The molecule has 6 heteroatoms. The van der Waals surface area contributed by atoms with Crippen LogP contribution in [0.5, 0.6) is 0 Å². The minimum absolute atomic E-state index is 0.0207. The fourth-order valence-corrected chi connectivity index (χ4v) is 17.5. The van der Waals surface area contributed by atoms with E-state index in [-0.39, 0.29) is 39.7 Å².